The zero-order valence-electron chi connectivity index (χ0n) is 11.4. The number of anilines is 1. The van der Waals surface area contributed by atoms with Crippen LogP contribution in [0, 0.1) is 11.7 Å². The molecule has 0 unspecified atom stereocenters. The Morgan fingerprint density at radius 3 is 2.75 bits per heavy atom. The zero-order chi connectivity index (χ0) is 14.7. The Morgan fingerprint density at radius 1 is 1.50 bits per heavy atom. The van der Waals surface area contributed by atoms with Crippen molar-refractivity contribution in [3.05, 3.63) is 28.0 Å². The van der Waals surface area contributed by atoms with E-state index in [1.807, 2.05) is 11.9 Å². The maximum atomic E-state index is 14.4. The summed E-state index contributed by atoms with van der Waals surface area (Å²) in [5, 5.41) is 11.6. The number of hydrogen-bond donors (Lipinski definition) is 2. The van der Waals surface area contributed by atoms with Gasteiger partial charge in [-0.25, -0.2) is 4.39 Å². The lowest BCUT2D eigenvalue weighted by molar-refractivity contribution is 0.318. The van der Waals surface area contributed by atoms with Crippen molar-refractivity contribution >= 4 is 27.5 Å². The molecule has 0 saturated heterocycles. The topological polar surface area (TPSA) is 61.8 Å². The molecule has 1 aromatic carbocycles. The number of oxime groups is 1. The van der Waals surface area contributed by atoms with Gasteiger partial charge < -0.3 is 15.8 Å². The smallest absolute Gasteiger partial charge is 0.171 e. The highest BCUT2D eigenvalue weighted by molar-refractivity contribution is 9.10. The molecule has 2 rings (SSSR count). The number of nitrogens with zero attached hydrogens (tertiary/aromatic N) is 2. The number of rotatable bonds is 4. The SMILES string of the molecule is CN(CC1CCCC1)c1ccc(/C(N)=N/O)c(Br)c1F. The van der Waals surface area contributed by atoms with Gasteiger partial charge in [-0.2, -0.15) is 0 Å². The Balaban J connectivity index is 2.22. The molecule has 0 aromatic heterocycles. The normalized spacial score (nSPS) is 16.6. The summed E-state index contributed by atoms with van der Waals surface area (Å²) >= 11 is 3.18. The van der Waals surface area contributed by atoms with E-state index in [1.165, 1.54) is 25.7 Å². The Bertz CT molecular complexity index is 515. The van der Waals surface area contributed by atoms with Crippen molar-refractivity contribution in [2.45, 2.75) is 25.7 Å². The van der Waals surface area contributed by atoms with E-state index in [4.69, 9.17) is 10.9 Å². The van der Waals surface area contributed by atoms with Gasteiger partial charge >= 0.3 is 0 Å². The number of nitrogens with two attached hydrogens (primary N) is 1. The van der Waals surface area contributed by atoms with Gasteiger partial charge in [0.1, 0.15) is 0 Å². The predicted octanol–water partition coefficient (Wildman–Crippen LogP) is 3.31. The van der Waals surface area contributed by atoms with Crippen LogP contribution in [0.2, 0.25) is 0 Å². The van der Waals surface area contributed by atoms with Crippen LogP contribution in [0.25, 0.3) is 0 Å². The Kier molecular flexibility index (Phi) is 4.86. The van der Waals surface area contributed by atoms with E-state index in [0.717, 1.165) is 6.54 Å². The molecule has 0 aliphatic heterocycles. The molecule has 1 saturated carbocycles. The molecule has 1 fully saturated rings. The first kappa shape index (κ1) is 15.1. The average Bonchev–Trinajstić information content (AvgIpc) is 2.93. The van der Waals surface area contributed by atoms with Gasteiger partial charge in [0.2, 0.25) is 0 Å². The van der Waals surface area contributed by atoms with E-state index < -0.39 is 0 Å². The predicted molar refractivity (Wildman–Crippen MR) is 81.8 cm³/mol. The van der Waals surface area contributed by atoms with Crippen LogP contribution < -0.4 is 10.6 Å². The van der Waals surface area contributed by atoms with Crippen LogP contribution in [0.3, 0.4) is 0 Å². The zero-order valence-corrected chi connectivity index (χ0v) is 13.0. The maximum Gasteiger partial charge on any atom is 0.171 e. The molecule has 1 aliphatic rings. The number of halogens is 2. The van der Waals surface area contributed by atoms with Gasteiger partial charge in [0.25, 0.3) is 0 Å². The first-order valence-electron chi connectivity index (χ1n) is 6.71. The molecule has 1 aromatic rings. The second-order valence-electron chi connectivity index (χ2n) is 5.28. The Labute approximate surface area is 126 Å². The Hall–Kier alpha value is -1.30. The van der Waals surface area contributed by atoms with Gasteiger partial charge in [0.15, 0.2) is 11.7 Å². The molecule has 20 heavy (non-hydrogen) atoms. The third-order valence-electron chi connectivity index (χ3n) is 3.86. The van der Waals surface area contributed by atoms with E-state index in [9.17, 15) is 4.39 Å². The highest BCUT2D eigenvalue weighted by atomic mass is 79.9. The van der Waals surface area contributed by atoms with Gasteiger partial charge in [0, 0.05) is 19.2 Å². The van der Waals surface area contributed by atoms with Crippen LogP contribution in [0.5, 0.6) is 0 Å². The third-order valence-corrected chi connectivity index (χ3v) is 4.64. The molecule has 110 valence electrons. The molecule has 0 spiro atoms. The second kappa shape index (κ2) is 6.43. The minimum absolute atomic E-state index is 0.110. The van der Waals surface area contributed by atoms with E-state index in [-0.39, 0.29) is 16.1 Å². The summed E-state index contributed by atoms with van der Waals surface area (Å²) in [6.45, 7) is 0.853. The van der Waals surface area contributed by atoms with E-state index in [0.29, 0.717) is 17.2 Å². The number of amidine groups is 1. The fourth-order valence-electron chi connectivity index (χ4n) is 2.76. The average molecular weight is 344 g/mol. The van der Waals surface area contributed by atoms with Gasteiger partial charge in [-0.15, -0.1) is 0 Å². The highest BCUT2D eigenvalue weighted by Gasteiger charge is 2.20. The summed E-state index contributed by atoms with van der Waals surface area (Å²) in [5.74, 6) is 0.150. The van der Waals surface area contributed by atoms with Crippen molar-refractivity contribution < 1.29 is 9.60 Å². The van der Waals surface area contributed by atoms with Crippen molar-refractivity contribution in [2.75, 3.05) is 18.5 Å². The molecular formula is C14H19BrFN3O. The summed E-state index contributed by atoms with van der Waals surface area (Å²) in [7, 11) is 1.90. The fourth-order valence-corrected chi connectivity index (χ4v) is 3.30. The summed E-state index contributed by atoms with van der Waals surface area (Å²) in [4.78, 5) is 1.94. The van der Waals surface area contributed by atoms with Crippen LogP contribution in [0.15, 0.2) is 21.8 Å². The Morgan fingerprint density at radius 2 is 2.15 bits per heavy atom. The molecule has 0 amide bonds. The first-order valence-corrected chi connectivity index (χ1v) is 7.51. The third kappa shape index (κ3) is 3.06. The van der Waals surface area contributed by atoms with Crippen molar-refractivity contribution in [2.24, 2.45) is 16.8 Å². The molecule has 0 radical (unpaired) electrons. The fraction of sp³-hybridized carbons (Fsp3) is 0.500. The largest absolute Gasteiger partial charge is 0.409 e. The number of benzene rings is 1. The lowest BCUT2D eigenvalue weighted by atomic mass is 10.1. The van der Waals surface area contributed by atoms with Gasteiger partial charge in [-0.1, -0.05) is 18.0 Å². The number of hydrogen-bond acceptors (Lipinski definition) is 3. The minimum Gasteiger partial charge on any atom is -0.409 e. The van der Waals surface area contributed by atoms with Crippen molar-refractivity contribution in [1.29, 1.82) is 0 Å². The van der Waals surface area contributed by atoms with Crippen LogP contribution in [-0.2, 0) is 0 Å². The van der Waals surface area contributed by atoms with Crippen LogP contribution in [-0.4, -0.2) is 24.6 Å². The molecule has 3 N–H and O–H groups in total. The molecule has 1 aliphatic carbocycles. The second-order valence-corrected chi connectivity index (χ2v) is 6.07. The van der Waals surface area contributed by atoms with E-state index in [1.54, 1.807) is 12.1 Å². The van der Waals surface area contributed by atoms with E-state index >= 15 is 0 Å². The lowest BCUT2D eigenvalue weighted by Crippen LogP contribution is -2.25. The van der Waals surface area contributed by atoms with E-state index in [2.05, 4.69) is 21.1 Å². The summed E-state index contributed by atoms with van der Waals surface area (Å²) in [6.07, 6.45) is 4.98. The molecule has 0 heterocycles. The summed E-state index contributed by atoms with van der Waals surface area (Å²) in [6, 6.07) is 3.32. The van der Waals surface area contributed by atoms with Gasteiger partial charge in [-0.05, 0) is 46.8 Å². The summed E-state index contributed by atoms with van der Waals surface area (Å²) in [5.41, 5.74) is 6.39. The van der Waals surface area contributed by atoms with Gasteiger partial charge in [-0.3, -0.25) is 0 Å². The molecule has 0 atom stereocenters. The van der Waals surface area contributed by atoms with Crippen LogP contribution in [0.1, 0.15) is 31.2 Å². The monoisotopic (exact) mass is 343 g/mol. The quantitative estimate of drug-likeness (QED) is 0.381. The van der Waals surface area contributed by atoms with Crippen molar-refractivity contribution in [3.63, 3.8) is 0 Å². The minimum atomic E-state index is -0.380. The maximum absolute atomic E-state index is 14.4. The van der Waals surface area contributed by atoms with Gasteiger partial charge in [0.05, 0.1) is 10.2 Å². The van der Waals surface area contributed by atoms with Crippen molar-refractivity contribution in [3.8, 4) is 0 Å². The van der Waals surface area contributed by atoms with Crippen LogP contribution in [0.4, 0.5) is 10.1 Å². The summed E-state index contributed by atoms with van der Waals surface area (Å²) < 4.78 is 14.6. The molecular weight excluding hydrogens is 325 g/mol. The van der Waals surface area contributed by atoms with Crippen molar-refractivity contribution in [1.82, 2.24) is 0 Å². The molecule has 0 bridgehead atoms. The molecule has 6 heteroatoms. The molecule has 4 nitrogen and oxygen atoms in total. The first-order chi connectivity index (χ1) is 9.54. The highest BCUT2D eigenvalue weighted by Crippen LogP contribution is 2.31. The van der Waals surface area contributed by atoms with Crippen LogP contribution >= 0.6 is 15.9 Å². The standard InChI is InChI=1S/C14H19BrFN3O/c1-19(8-9-4-2-3-5-9)11-7-6-10(14(17)18-20)12(15)13(11)16/h6-7,9,20H,2-5,8H2,1H3,(H2,17,18). The lowest BCUT2D eigenvalue weighted by Gasteiger charge is -2.24.